The normalized spacial score (nSPS) is 8.33. The van der Waals surface area contributed by atoms with Crippen molar-refractivity contribution in [3.63, 3.8) is 0 Å². The van der Waals surface area contributed by atoms with E-state index in [2.05, 4.69) is 15.4 Å². The van der Waals surface area contributed by atoms with Crippen LogP contribution in [0.4, 0.5) is 0 Å². The van der Waals surface area contributed by atoms with Gasteiger partial charge in [0.1, 0.15) is 10.4 Å². The molecule has 0 saturated heterocycles. The number of hydrogen-bond acceptors (Lipinski definition) is 5. The van der Waals surface area contributed by atoms with Crippen molar-refractivity contribution in [3.8, 4) is 5.40 Å². The van der Waals surface area contributed by atoms with Crippen LogP contribution in [0.5, 0.6) is 0 Å². The molecule has 1 aromatic heterocycles. The van der Waals surface area contributed by atoms with Gasteiger partial charge in [0.05, 0.1) is 6.20 Å². The monoisotopic (exact) mass is 138 g/mol. The molecule has 5 heteroatoms. The topological polar surface area (TPSA) is 62.5 Å². The Hall–Kier alpha value is -1.15. The lowest BCUT2D eigenvalue weighted by Gasteiger charge is -1.83. The first kappa shape index (κ1) is 5.98. The zero-order valence-electron chi connectivity index (χ0n) is 4.35. The van der Waals surface area contributed by atoms with Crippen LogP contribution in [0, 0.1) is 10.7 Å². The second kappa shape index (κ2) is 2.99. The molecule has 1 aromatic rings. The molecule has 0 amide bonds. The number of aromatic nitrogens is 3. The second-order valence-electron chi connectivity index (χ2n) is 1.15. The van der Waals surface area contributed by atoms with E-state index in [0.29, 0.717) is 5.03 Å². The fraction of sp³-hybridized carbons (Fsp3) is 0. The highest BCUT2D eigenvalue weighted by Crippen LogP contribution is 2.08. The van der Waals surface area contributed by atoms with Crippen molar-refractivity contribution in [3.05, 3.63) is 12.3 Å². The lowest BCUT2D eigenvalue weighted by atomic mass is 10.7. The molecule has 0 N–H and O–H groups in total. The van der Waals surface area contributed by atoms with Crippen LogP contribution in [-0.4, -0.2) is 15.4 Å². The summed E-state index contributed by atoms with van der Waals surface area (Å²) < 4.78 is 0. The number of nitrogens with zero attached hydrogens (tertiary/aromatic N) is 4. The van der Waals surface area contributed by atoms with Crippen molar-refractivity contribution in [1.82, 2.24) is 15.4 Å². The van der Waals surface area contributed by atoms with Gasteiger partial charge in [-0.2, -0.15) is 5.26 Å². The highest BCUT2D eigenvalue weighted by Gasteiger charge is 1.89. The third-order valence-corrected chi connectivity index (χ3v) is 1.15. The molecule has 0 aliphatic heterocycles. The van der Waals surface area contributed by atoms with Gasteiger partial charge in [0.25, 0.3) is 0 Å². The molecule has 0 aliphatic rings. The minimum Gasteiger partial charge on any atom is -0.185 e. The molecule has 1 heterocycles. The first-order valence-corrected chi connectivity index (χ1v) is 2.95. The Morgan fingerprint density at radius 3 is 3.11 bits per heavy atom. The van der Waals surface area contributed by atoms with Crippen molar-refractivity contribution in [2.75, 3.05) is 0 Å². The molecule has 1 rings (SSSR count). The first-order chi connectivity index (χ1) is 4.43. The highest BCUT2D eigenvalue weighted by atomic mass is 32.2. The van der Waals surface area contributed by atoms with E-state index in [-0.39, 0.29) is 0 Å². The van der Waals surface area contributed by atoms with E-state index in [4.69, 9.17) is 5.26 Å². The van der Waals surface area contributed by atoms with E-state index in [1.54, 1.807) is 6.07 Å². The fourth-order valence-electron chi connectivity index (χ4n) is 0.331. The van der Waals surface area contributed by atoms with Crippen molar-refractivity contribution in [2.24, 2.45) is 0 Å². The van der Waals surface area contributed by atoms with Gasteiger partial charge in [0.15, 0.2) is 0 Å². The number of nitriles is 1. The third-order valence-electron chi connectivity index (χ3n) is 0.629. The summed E-state index contributed by atoms with van der Waals surface area (Å²) in [5, 5.41) is 20.9. The fourth-order valence-corrected chi connectivity index (χ4v) is 0.631. The molecular weight excluding hydrogens is 136 g/mol. The quantitative estimate of drug-likeness (QED) is 0.416. The molecule has 9 heavy (non-hydrogen) atoms. The van der Waals surface area contributed by atoms with E-state index in [1.807, 2.05) is 5.40 Å². The van der Waals surface area contributed by atoms with Gasteiger partial charge in [-0.3, -0.25) is 0 Å². The highest BCUT2D eigenvalue weighted by molar-refractivity contribution is 8.03. The van der Waals surface area contributed by atoms with Crippen molar-refractivity contribution in [2.45, 2.75) is 5.03 Å². The molecule has 0 aliphatic carbocycles. The maximum absolute atomic E-state index is 8.14. The summed E-state index contributed by atoms with van der Waals surface area (Å²) in [6.45, 7) is 0. The molecule has 44 valence electrons. The summed E-state index contributed by atoms with van der Waals surface area (Å²) in [4.78, 5) is 0. The van der Waals surface area contributed by atoms with Crippen LogP contribution in [-0.2, 0) is 0 Å². The summed E-state index contributed by atoms with van der Waals surface area (Å²) in [5.41, 5.74) is 0. The number of rotatable bonds is 1. The maximum Gasteiger partial charge on any atom is 0.140 e. The summed E-state index contributed by atoms with van der Waals surface area (Å²) >= 11 is 0.967. The van der Waals surface area contributed by atoms with Gasteiger partial charge in [-0.05, 0) is 11.3 Å². The third kappa shape index (κ3) is 1.66. The van der Waals surface area contributed by atoms with Crippen LogP contribution in [0.15, 0.2) is 17.3 Å². The van der Waals surface area contributed by atoms with Crippen LogP contribution in [0.2, 0.25) is 0 Å². The average Bonchev–Trinajstić information content (AvgIpc) is 1.91. The lowest BCUT2D eigenvalue weighted by Crippen LogP contribution is -1.84. The summed E-state index contributed by atoms with van der Waals surface area (Å²) in [7, 11) is 0. The summed E-state index contributed by atoms with van der Waals surface area (Å²) in [6.07, 6.45) is 1.49. The Morgan fingerprint density at radius 2 is 2.56 bits per heavy atom. The van der Waals surface area contributed by atoms with Gasteiger partial charge < -0.3 is 0 Å². The summed E-state index contributed by atoms with van der Waals surface area (Å²) in [6, 6.07) is 1.63. The Morgan fingerprint density at radius 1 is 1.67 bits per heavy atom. The SMILES string of the molecule is N#CSc1ccnnn1. The van der Waals surface area contributed by atoms with Crippen LogP contribution in [0.25, 0.3) is 0 Å². The molecule has 0 spiro atoms. The largest absolute Gasteiger partial charge is 0.185 e. The van der Waals surface area contributed by atoms with E-state index in [0.717, 1.165) is 11.8 Å². The van der Waals surface area contributed by atoms with E-state index < -0.39 is 0 Å². The molecule has 0 bridgehead atoms. The molecule has 0 unspecified atom stereocenters. The van der Waals surface area contributed by atoms with Gasteiger partial charge >= 0.3 is 0 Å². The lowest BCUT2D eigenvalue weighted by molar-refractivity contribution is 0.805. The number of hydrogen-bond donors (Lipinski definition) is 0. The van der Waals surface area contributed by atoms with Gasteiger partial charge in [-0.25, -0.2) is 0 Å². The summed E-state index contributed by atoms with van der Waals surface area (Å²) in [5.74, 6) is 0. The zero-order chi connectivity index (χ0) is 6.53. The second-order valence-corrected chi connectivity index (χ2v) is 1.96. The molecule has 0 fully saturated rings. The van der Waals surface area contributed by atoms with Crippen LogP contribution in [0.1, 0.15) is 0 Å². The number of thioether (sulfide) groups is 1. The van der Waals surface area contributed by atoms with Gasteiger partial charge in [0.2, 0.25) is 0 Å². The van der Waals surface area contributed by atoms with Crippen molar-refractivity contribution in [1.29, 1.82) is 5.26 Å². The van der Waals surface area contributed by atoms with E-state index in [9.17, 15) is 0 Å². The van der Waals surface area contributed by atoms with Crippen molar-refractivity contribution < 1.29 is 0 Å². The Bertz CT molecular complexity index is 216. The van der Waals surface area contributed by atoms with E-state index >= 15 is 0 Å². The first-order valence-electron chi connectivity index (χ1n) is 2.14. The average molecular weight is 138 g/mol. The minimum absolute atomic E-state index is 0.576. The van der Waals surface area contributed by atoms with Crippen LogP contribution in [0.3, 0.4) is 0 Å². The zero-order valence-corrected chi connectivity index (χ0v) is 5.17. The molecular formula is C4H2N4S. The maximum atomic E-state index is 8.14. The smallest absolute Gasteiger partial charge is 0.140 e. The number of thiocyanates is 1. The van der Waals surface area contributed by atoms with Gasteiger partial charge in [-0.15, -0.1) is 10.2 Å². The van der Waals surface area contributed by atoms with Crippen molar-refractivity contribution >= 4 is 11.8 Å². The minimum atomic E-state index is 0.576. The van der Waals surface area contributed by atoms with E-state index in [1.165, 1.54) is 6.20 Å². The van der Waals surface area contributed by atoms with Crippen LogP contribution < -0.4 is 0 Å². The standard InChI is InChI=1S/C4H2N4S/c5-3-9-4-1-2-6-8-7-4/h1-2H. The van der Waals surface area contributed by atoms with Gasteiger partial charge in [-0.1, -0.05) is 0 Å². The Labute approximate surface area is 55.9 Å². The Kier molecular flexibility index (Phi) is 1.99. The molecule has 0 atom stereocenters. The predicted molar refractivity (Wildman–Crippen MR) is 31.3 cm³/mol. The van der Waals surface area contributed by atoms with Crippen LogP contribution >= 0.6 is 11.8 Å². The predicted octanol–water partition coefficient (Wildman–Crippen LogP) is 0.445. The molecule has 0 radical (unpaired) electrons. The Balaban J connectivity index is 2.76. The van der Waals surface area contributed by atoms with Gasteiger partial charge in [0, 0.05) is 11.8 Å². The molecule has 0 saturated carbocycles. The molecule has 0 aromatic carbocycles. The molecule has 4 nitrogen and oxygen atoms in total.